The first-order chi connectivity index (χ1) is 7.07. The van der Waals surface area contributed by atoms with Crippen LogP contribution in [-0.4, -0.2) is 34.4 Å². The van der Waals surface area contributed by atoms with E-state index in [0.29, 0.717) is 11.3 Å². The van der Waals surface area contributed by atoms with Crippen molar-refractivity contribution in [1.82, 2.24) is 4.98 Å². The van der Waals surface area contributed by atoms with E-state index in [4.69, 9.17) is 0 Å². The van der Waals surface area contributed by atoms with Crippen molar-refractivity contribution in [2.45, 2.75) is 19.1 Å². The maximum absolute atomic E-state index is 11.0. The normalized spacial score (nSPS) is 14.4. The van der Waals surface area contributed by atoms with Gasteiger partial charge in [-0.1, -0.05) is 6.07 Å². The van der Waals surface area contributed by atoms with Gasteiger partial charge in [0.25, 0.3) is 0 Å². The average molecular weight is 211 g/mol. The summed E-state index contributed by atoms with van der Waals surface area (Å²) >= 11 is 0. The molecule has 1 heterocycles. The van der Waals surface area contributed by atoms with Gasteiger partial charge in [0.15, 0.2) is 6.10 Å². The first-order valence-electron chi connectivity index (χ1n) is 4.43. The maximum Gasteiger partial charge on any atom is 0.337 e. The Morgan fingerprint density at radius 2 is 2.20 bits per heavy atom. The SMILES string of the molecule is COC(=O)C(O)C(O)c1cccnc1C. The highest BCUT2D eigenvalue weighted by atomic mass is 16.5. The fraction of sp³-hybridized carbons (Fsp3) is 0.400. The number of hydrogen-bond acceptors (Lipinski definition) is 5. The lowest BCUT2D eigenvalue weighted by atomic mass is 10.0. The van der Waals surface area contributed by atoms with Crippen LogP contribution in [0, 0.1) is 6.92 Å². The zero-order valence-corrected chi connectivity index (χ0v) is 8.54. The smallest absolute Gasteiger partial charge is 0.337 e. The lowest BCUT2D eigenvalue weighted by Crippen LogP contribution is -2.29. The third-order valence-electron chi connectivity index (χ3n) is 2.11. The fourth-order valence-corrected chi connectivity index (χ4v) is 1.23. The molecule has 2 unspecified atom stereocenters. The predicted octanol–water partition coefficient (Wildman–Crippen LogP) is -0.0427. The van der Waals surface area contributed by atoms with Gasteiger partial charge in [0.2, 0.25) is 0 Å². The van der Waals surface area contributed by atoms with Crippen molar-refractivity contribution in [3.63, 3.8) is 0 Å². The molecule has 0 saturated carbocycles. The molecule has 82 valence electrons. The van der Waals surface area contributed by atoms with E-state index in [2.05, 4.69) is 9.72 Å². The molecule has 0 spiro atoms. The molecule has 0 aliphatic carbocycles. The molecule has 5 heteroatoms. The van der Waals surface area contributed by atoms with Gasteiger partial charge in [-0.15, -0.1) is 0 Å². The first kappa shape index (κ1) is 11.6. The number of pyridine rings is 1. The second-order valence-electron chi connectivity index (χ2n) is 3.09. The number of carbonyl (C=O) groups excluding carboxylic acids is 1. The molecule has 0 saturated heterocycles. The number of rotatable bonds is 3. The number of nitrogens with zero attached hydrogens (tertiary/aromatic N) is 1. The van der Waals surface area contributed by atoms with E-state index in [1.165, 1.54) is 0 Å². The Hall–Kier alpha value is -1.46. The molecular weight excluding hydrogens is 198 g/mol. The van der Waals surface area contributed by atoms with Crippen LogP contribution in [0.2, 0.25) is 0 Å². The fourth-order valence-electron chi connectivity index (χ4n) is 1.23. The molecule has 5 nitrogen and oxygen atoms in total. The van der Waals surface area contributed by atoms with E-state index in [0.717, 1.165) is 7.11 Å². The number of ether oxygens (including phenoxy) is 1. The van der Waals surface area contributed by atoms with Gasteiger partial charge in [-0.3, -0.25) is 4.98 Å². The van der Waals surface area contributed by atoms with Gasteiger partial charge < -0.3 is 14.9 Å². The second kappa shape index (κ2) is 4.86. The highest BCUT2D eigenvalue weighted by Crippen LogP contribution is 2.19. The van der Waals surface area contributed by atoms with Crippen LogP contribution < -0.4 is 0 Å². The van der Waals surface area contributed by atoms with Crippen LogP contribution in [0.15, 0.2) is 18.3 Å². The first-order valence-corrected chi connectivity index (χ1v) is 4.43. The minimum atomic E-state index is -1.59. The molecule has 0 aromatic carbocycles. The predicted molar refractivity (Wildman–Crippen MR) is 52.0 cm³/mol. The van der Waals surface area contributed by atoms with Crippen molar-refractivity contribution in [1.29, 1.82) is 0 Å². The van der Waals surface area contributed by atoms with Gasteiger partial charge in [0.1, 0.15) is 6.10 Å². The number of methoxy groups -OCH3 is 1. The minimum Gasteiger partial charge on any atom is -0.467 e. The van der Waals surface area contributed by atoms with E-state index in [9.17, 15) is 15.0 Å². The molecular formula is C10H13NO4. The Labute approximate surface area is 87.3 Å². The summed E-state index contributed by atoms with van der Waals surface area (Å²) in [6.07, 6.45) is -1.33. The molecule has 1 aromatic heterocycles. The number of hydrogen-bond donors (Lipinski definition) is 2. The maximum atomic E-state index is 11.0. The van der Waals surface area contributed by atoms with Crippen LogP contribution in [0.5, 0.6) is 0 Å². The molecule has 0 radical (unpaired) electrons. The molecule has 0 aliphatic rings. The van der Waals surface area contributed by atoms with Gasteiger partial charge in [-0.05, 0) is 13.0 Å². The summed E-state index contributed by atoms with van der Waals surface area (Å²) in [6, 6.07) is 3.22. The van der Waals surface area contributed by atoms with Crippen LogP contribution in [0.25, 0.3) is 0 Å². The van der Waals surface area contributed by atoms with E-state index in [-0.39, 0.29) is 0 Å². The van der Waals surface area contributed by atoms with E-state index in [1.807, 2.05) is 0 Å². The molecule has 15 heavy (non-hydrogen) atoms. The Kier molecular flexibility index (Phi) is 3.76. The summed E-state index contributed by atoms with van der Waals surface area (Å²) in [4.78, 5) is 14.9. The van der Waals surface area contributed by atoms with Gasteiger partial charge in [0, 0.05) is 17.5 Å². The van der Waals surface area contributed by atoms with E-state index >= 15 is 0 Å². The molecule has 1 aromatic rings. The standard InChI is InChI=1S/C10H13NO4/c1-6-7(4-3-5-11-6)8(12)9(13)10(14)15-2/h3-5,8-9,12-13H,1-2H3. The summed E-state index contributed by atoms with van der Waals surface area (Å²) < 4.78 is 4.33. The minimum absolute atomic E-state index is 0.412. The van der Waals surface area contributed by atoms with Crippen molar-refractivity contribution in [2.24, 2.45) is 0 Å². The monoisotopic (exact) mass is 211 g/mol. The Morgan fingerprint density at radius 3 is 2.73 bits per heavy atom. The Balaban J connectivity index is 2.89. The summed E-state index contributed by atoms with van der Waals surface area (Å²) in [5, 5.41) is 19.1. The number of aromatic nitrogens is 1. The third kappa shape index (κ3) is 2.51. The Morgan fingerprint density at radius 1 is 1.53 bits per heavy atom. The summed E-state index contributed by atoms with van der Waals surface area (Å²) in [7, 11) is 1.15. The quantitative estimate of drug-likeness (QED) is 0.685. The average Bonchev–Trinajstić information content (AvgIpc) is 2.26. The van der Waals surface area contributed by atoms with Crippen LogP contribution >= 0.6 is 0 Å². The highest BCUT2D eigenvalue weighted by Gasteiger charge is 2.27. The van der Waals surface area contributed by atoms with Crippen molar-refractivity contribution in [3.05, 3.63) is 29.6 Å². The molecule has 0 aliphatic heterocycles. The number of aliphatic hydroxyl groups excluding tert-OH is 2. The number of esters is 1. The van der Waals surface area contributed by atoms with E-state index < -0.39 is 18.2 Å². The summed E-state index contributed by atoms with van der Waals surface area (Å²) in [5.74, 6) is -0.870. The lowest BCUT2D eigenvalue weighted by molar-refractivity contribution is -0.156. The van der Waals surface area contributed by atoms with Gasteiger partial charge in [-0.25, -0.2) is 4.79 Å². The summed E-state index contributed by atoms with van der Waals surface area (Å²) in [5.41, 5.74) is 0.975. The second-order valence-corrected chi connectivity index (χ2v) is 3.09. The Bertz CT molecular complexity index is 353. The third-order valence-corrected chi connectivity index (χ3v) is 2.11. The molecule has 2 N–H and O–H groups in total. The van der Waals surface area contributed by atoms with Crippen LogP contribution in [0.1, 0.15) is 17.4 Å². The van der Waals surface area contributed by atoms with Gasteiger partial charge in [-0.2, -0.15) is 0 Å². The largest absolute Gasteiger partial charge is 0.467 e. The van der Waals surface area contributed by atoms with Crippen LogP contribution in [-0.2, 0) is 9.53 Å². The molecule has 0 amide bonds. The zero-order valence-electron chi connectivity index (χ0n) is 8.54. The van der Waals surface area contributed by atoms with E-state index in [1.54, 1.807) is 25.3 Å². The van der Waals surface area contributed by atoms with Crippen LogP contribution in [0.4, 0.5) is 0 Å². The highest BCUT2D eigenvalue weighted by molar-refractivity contribution is 5.75. The number of aryl methyl sites for hydroxylation is 1. The van der Waals surface area contributed by atoms with Crippen molar-refractivity contribution in [2.75, 3.05) is 7.11 Å². The zero-order chi connectivity index (χ0) is 11.4. The molecule has 0 fully saturated rings. The molecule has 1 rings (SSSR count). The molecule has 0 bridgehead atoms. The lowest BCUT2D eigenvalue weighted by Gasteiger charge is -2.16. The number of aliphatic hydroxyl groups is 2. The van der Waals surface area contributed by atoms with Gasteiger partial charge >= 0.3 is 5.97 Å². The summed E-state index contributed by atoms with van der Waals surface area (Å²) in [6.45, 7) is 1.68. The topological polar surface area (TPSA) is 79.7 Å². The van der Waals surface area contributed by atoms with Crippen molar-refractivity contribution in [3.8, 4) is 0 Å². The number of carbonyl (C=O) groups is 1. The van der Waals surface area contributed by atoms with Crippen LogP contribution in [0.3, 0.4) is 0 Å². The van der Waals surface area contributed by atoms with Gasteiger partial charge in [0.05, 0.1) is 7.11 Å². The van der Waals surface area contributed by atoms with Crippen molar-refractivity contribution >= 4 is 5.97 Å². The van der Waals surface area contributed by atoms with Crippen molar-refractivity contribution < 1.29 is 19.7 Å². The molecule has 2 atom stereocenters.